The summed E-state index contributed by atoms with van der Waals surface area (Å²) >= 11 is 0. The van der Waals surface area contributed by atoms with Gasteiger partial charge in [-0.2, -0.15) is 4.31 Å². The van der Waals surface area contributed by atoms with Gasteiger partial charge < -0.3 is 4.57 Å². The lowest BCUT2D eigenvalue weighted by Crippen LogP contribution is -2.49. The van der Waals surface area contributed by atoms with E-state index in [9.17, 15) is 13.2 Å². The fourth-order valence-electron chi connectivity index (χ4n) is 4.46. The Labute approximate surface area is 168 Å². The summed E-state index contributed by atoms with van der Waals surface area (Å²) in [5.41, 5.74) is 2.56. The van der Waals surface area contributed by atoms with Crippen LogP contribution in [0.4, 0.5) is 0 Å². The second-order valence-corrected chi connectivity index (χ2v) is 9.61. The third kappa shape index (κ3) is 3.18. The molecule has 1 saturated heterocycles. The highest BCUT2D eigenvalue weighted by molar-refractivity contribution is 7.89. The van der Waals surface area contributed by atoms with Crippen LogP contribution in [-0.4, -0.2) is 40.3 Å². The van der Waals surface area contributed by atoms with Crippen molar-refractivity contribution in [3.63, 3.8) is 0 Å². The molecule has 2 bridgehead atoms. The molecule has 1 fully saturated rings. The lowest BCUT2D eigenvalue weighted by atomic mass is 9.83. The highest BCUT2D eigenvalue weighted by Crippen LogP contribution is 2.38. The van der Waals surface area contributed by atoms with Crippen LogP contribution in [0.15, 0.2) is 70.9 Å². The molecule has 0 amide bonds. The number of pyridine rings is 3. The van der Waals surface area contributed by atoms with Crippen LogP contribution in [0.3, 0.4) is 0 Å². The second kappa shape index (κ2) is 6.89. The van der Waals surface area contributed by atoms with Crippen molar-refractivity contribution in [2.45, 2.75) is 23.8 Å². The van der Waals surface area contributed by atoms with Crippen molar-refractivity contribution >= 4 is 10.0 Å². The van der Waals surface area contributed by atoms with E-state index in [1.807, 2.05) is 22.8 Å². The first-order chi connectivity index (χ1) is 14.0. The van der Waals surface area contributed by atoms with Gasteiger partial charge in [0.05, 0.1) is 0 Å². The molecule has 0 N–H and O–H groups in total. The Kier molecular flexibility index (Phi) is 4.33. The van der Waals surface area contributed by atoms with Gasteiger partial charge in [-0.25, -0.2) is 8.42 Å². The van der Waals surface area contributed by atoms with Crippen molar-refractivity contribution in [3.05, 3.63) is 77.2 Å². The predicted octanol–water partition coefficient (Wildman–Crippen LogP) is 2.11. The largest absolute Gasteiger partial charge is 0.312 e. The van der Waals surface area contributed by atoms with Crippen molar-refractivity contribution in [2.75, 3.05) is 13.1 Å². The Bertz CT molecular complexity index is 1210. The molecule has 0 radical (unpaired) electrons. The van der Waals surface area contributed by atoms with Crippen molar-refractivity contribution < 1.29 is 8.42 Å². The van der Waals surface area contributed by atoms with Crippen molar-refractivity contribution in [1.82, 2.24) is 18.8 Å². The Morgan fingerprint density at radius 3 is 2.45 bits per heavy atom. The molecule has 3 aromatic rings. The molecule has 0 saturated carbocycles. The van der Waals surface area contributed by atoms with Gasteiger partial charge in [-0.1, -0.05) is 6.07 Å². The van der Waals surface area contributed by atoms with Crippen LogP contribution >= 0.6 is 0 Å². The monoisotopic (exact) mass is 408 g/mol. The third-order valence-corrected chi connectivity index (χ3v) is 7.61. The number of hydrogen-bond acceptors (Lipinski definition) is 5. The van der Waals surface area contributed by atoms with Crippen LogP contribution in [-0.2, 0) is 16.6 Å². The Morgan fingerprint density at radius 2 is 1.72 bits per heavy atom. The van der Waals surface area contributed by atoms with E-state index < -0.39 is 10.0 Å². The molecule has 0 unspecified atom stereocenters. The molecule has 2 aliphatic heterocycles. The van der Waals surface area contributed by atoms with Gasteiger partial charge in [0, 0.05) is 67.7 Å². The fourth-order valence-corrected chi connectivity index (χ4v) is 5.99. The summed E-state index contributed by atoms with van der Waals surface area (Å²) in [5, 5.41) is 0. The number of aromatic nitrogens is 3. The quantitative estimate of drug-likeness (QED) is 0.663. The van der Waals surface area contributed by atoms with E-state index in [2.05, 4.69) is 9.97 Å². The summed E-state index contributed by atoms with van der Waals surface area (Å²) in [7, 11) is -3.61. The summed E-state index contributed by atoms with van der Waals surface area (Å²) < 4.78 is 29.6. The number of sulfonamides is 1. The van der Waals surface area contributed by atoms with Crippen LogP contribution in [0.2, 0.25) is 0 Å². The van der Waals surface area contributed by atoms with Crippen LogP contribution < -0.4 is 5.56 Å². The molecular weight excluding hydrogens is 388 g/mol. The molecule has 5 heterocycles. The Hall–Kier alpha value is -2.84. The molecule has 5 rings (SSSR count). The molecule has 0 spiro atoms. The van der Waals surface area contributed by atoms with Crippen LogP contribution in [0, 0.1) is 5.92 Å². The van der Waals surface area contributed by atoms with E-state index in [0.717, 1.165) is 23.2 Å². The lowest BCUT2D eigenvalue weighted by molar-refractivity contribution is 0.186. The highest BCUT2D eigenvalue weighted by atomic mass is 32.2. The summed E-state index contributed by atoms with van der Waals surface area (Å²) in [6.45, 7) is 1.32. The topological polar surface area (TPSA) is 85.2 Å². The molecule has 2 aliphatic rings. The third-order valence-electron chi connectivity index (χ3n) is 5.79. The van der Waals surface area contributed by atoms with Crippen molar-refractivity contribution in [3.8, 4) is 11.1 Å². The van der Waals surface area contributed by atoms with Gasteiger partial charge in [-0.15, -0.1) is 0 Å². The molecule has 29 heavy (non-hydrogen) atoms. The normalized spacial score (nSPS) is 21.5. The SMILES string of the molecule is O=c1cc(-c2cccnc2)cc2n1C[C@H]1C[C@@H]2CN(S(=O)(=O)c2cccnc2)C1. The molecule has 148 valence electrons. The summed E-state index contributed by atoms with van der Waals surface area (Å²) in [4.78, 5) is 21.1. The molecule has 0 aromatic carbocycles. The molecule has 7 nitrogen and oxygen atoms in total. The van der Waals surface area contributed by atoms with E-state index in [1.54, 1.807) is 41.1 Å². The smallest absolute Gasteiger partial charge is 0.251 e. The average Bonchev–Trinajstić information content (AvgIpc) is 2.75. The first-order valence-corrected chi connectivity index (χ1v) is 11.0. The van der Waals surface area contributed by atoms with Gasteiger partial charge in [-0.05, 0) is 42.2 Å². The zero-order valence-corrected chi connectivity index (χ0v) is 16.5. The first kappa shape index (κ1) is 18.2. The minimum Gasteiger partial charge on any atom is -0.312 e. The fraction of sp³-hybridized carbons (Fsp3) is 0.286. The number of piperidine rings is 1. The maximum absolute atomic E-state index is 13.1. The number of nitrogens with zero attached hydrogens (tertiary/aromatic N) is 4. The summed E-state index contributed by atoms with van der Waals surface area (Å²) in [6.07, 6.45) is 7.26. The molecule has 0 aliphatic carbocycles. The van der Waals surface area contributed by atoms with E-state index >= 15 is 0 Å². The molecule has 8 heteroatoms. The maximum atomic E-state index is 13.1. The van der Waals surface area contributed by atoms with Gasteiger partial charge in [0.15, 0.2) is 0 Å². The van der Waals surface area contributed by atoms with Crippen LogP contribution in [0.5, 0.6) is 0 Å². The lowest BCUT2D eigenvalue weighted by Gasteiger charge is -2.42. The van der Waals surface area contributed by atoms with Crippen molar-refractivity contribution in [2.24, 2.45) is 5.92 Å². The average molecular weight is 408 g/mol. The van der Waals surface area contributed by atoms with Crippen LogP contribution in [0.1, 0.15) is 18.0 Å². The Balaban J connectivity index is 1.53. The molecule has 2 atom stereocenters. The number of rotatable bonds is 3. The zero-order valence-electron chi connectivity index (χ0n) is 15.7. The maximum Gasteiger partial charge on any atom is 0.251 e. The minimum atomic E-state index is -3.61. The highest BCUT2D eigenvalue weighted by Gasteiger charge is 2.39. The summed E-state index contributed by atoms with van der Waals surface area (Å²) in [5.74, 6) is 0.105. The van der Waals surface area contributed by atoms with Crippen LogP contribution in [0.25, 0.3) is 11.1 Å². The number of hydrogen-bond donors (Lipinski definition) is 0. The number of fused-ring (bicyclic) bond motifs is 4. The van der Waals surface area contributed by atoms with Gasteiger partial charge >= 0.3 is 0 Å². The second-order valence-electron chi connectivity index (χ2n) is 7.67. The summed E-state index contributed by atoms with van der Waals surface area (Å²) in [6, 6.07) is 10.6. The zero-order chi connectivity index (χ0) is 20.0. The van der Waals surface area contributed by atoms with Gasteiger partial charge in [0.25, 0.3) is 5.56 Å². The predicted molar refractivity (Wildman–Crippen MR) is 108 cm³/mol. The van der Waals surface area contributed by atoms with E-state index in [1.165, 1.54) is 6.20 Å². The minimum absolute atomic E-state index is 0.0155. The van der Waals surface area contributed by atoms with Gasteiger partial charge in [0.2, 0.25) is 10.0 Å². The van der Waals surface area contributed by atoms with E-state index in [0.29, 0.717) is 19.6 Å². The van der Waals surface area contributed by atoms with E-state index in [-0.39, 0.29) is 22.3 Å². The van der Waals surface area contributed by atoms with Crippen molar-refractivity contribution in [1.29, 1.82) is 0 Å². The molecular formula is C21H20N4O3S. The molecule has 3 aromatic heterocycles. The first-order valence-electron chi connectivity index (χ1n) is 9.58. The van der Waals surface area contributed by atoms with E-state index in [4.69, 9.17) is 0 Å². The standard InChI is InChI=1S/C21H20N4O3S/c26-21-9-17(16-3-1-5-22-10-16)8-20-18-7-15(13-25(20)21)12-24(14-18)29(27,28)19-4-2-6-23-11-19/h1-6,8-11,15,18H,7,12-14H2/t15-,18+/m0/s1. The Morgan fingerprint density at radius 1 is 0.931 bits per heavy atom. The van der Waals surface area contributed by atoms with Gasteiger partial charge in [-0.3, -0.25) is 14.8 Å². The van der Waals surface area contributed by atoms with Gasteiger partial charge in [0.1, 0.15) is 4.90 Å².